The van der Waals surface area contributed by atoms with Gasteiger partial charge < -0.3 is 10.1 Å². The fourth-order valence-electron chi connectivity index (χ4n) is 1.84. The maximum Gasteiger partial charge on any atom is 0.414 e. The monoisotopic (exact) mass is 351 g/mol. The van der Waals surface area contributed by atoms with Gasteiger partial charge in [-0.2, -0.15) is 13.2 Å². The lowest BCUT2D eigenvalue weighted by Crippen LogP contribution is -2.34. The Morgan fingerprint density at radius 3 is 2.65 bits per heavy atom. The van der Waals surface area contributed by atoms with Crippen LogP contribution in [-0.2, 0) is 4.74 Å². The molecule has 0 radical (unpaired) electrons. The summed E-state index contributed by atoms with van der Waals surface area (Å²) < 4.78 is 44.0. The standard InChI is InChI=1S/C14H17BrF3NO/c1-9(14(16,17)18)20-13(8-19-12-5-6-12)10-3-2-4-11(15)7-10/h2-4,7,9,12-13,19H,5-6,8H2,1H3. The summed E-state index contributed by atoms with van der Waals surface area (Å²) in [6.45, 7) is 1.43. The van der Waals surface area contributed by atoms with Gasteiger partial charge in [0.05, 0.1) is 6.10 Å². The van der Waals surface area contributed by atoms with Gasteiger partial charge in [0.2, 0.25) is 0 Å². The molecule has 1 N–H and O–H groups in total. The van der Waals surface area contributed by atoms with E-state index < -0.39 is 18.4 Å². The summed E-state index contributed by atoms with van der Waals surface area (Å²) in [7, 11) is 0. The van der Waals surface area contributed by atoms with Crippen LogP contribution in [0.15, 0.2) is 28.7 Å². The van der Waals surface area contributed by atoms with E-state index in [0.717, 1.165) is 29.8 Å². The molecule has 2 rings (SSSR count). The van der Waals surface area contributed by atoms with Gasteiger partial charge in [0.1, 0.15) is 0 Å². The van der Waals surface area contributed by atoms with Crippen LogP contribution in [0.25, 0.3) is 0 Å². The van der Waals surface area contributed by atoms with Gasteiger partial charge in [0.15, 0.2) is 6.10 Å². The minimum Gasteiger partial charge on any atom is -0.360 e. The van der Waals surface area contributed by atoms with Gasteiger partial charge in [-0.25, -0.2) is 0 Å². The van der Waals surface area contributed by atoms with E-state index >= 15 is 0 Å². The highest BCUT2D eigenvalue weighted by Gasteiger charge is 2.39. The van der Waals surface area contributed by atoms with Gasteiger partial charge >= 0.3 is 6.18 Å². The van der Waals surface area contributed by atoms with Crippen molar-refractivity contribution in [2.45, 2.75) is 44.2 Å². The van der Waals surface area contributed by atoms with Gasteiger partial charge in [0, 0.05) is 17.1 Å². The highest BCUT2D eigenvalue weighted by atomic mass is 79.9. The Kier molecular flexibility index (Phi) is 5.09. The number of hydrogen-bond acceptors (Lipinski definition) is 2. The van der Waals surface area contributed by atoms with Crippen molar-refractivity contribution in [2.75, 3.05) is 6.54 Å². The molecule has 0 bridgehead atoms. The molecule has 1 fully saturated rings. The Hall–Kier alpha value is -0.590. The van der Waals surface area contributed by atoms with Crippen LogP contribution >= 0.6 is 15.9 Å². The molecule has 0 amide bonds. The topological polar surface area (TPSA) is 21.3 Å². The van der Waals surface area contributed by atoms with Crippen LogP contribution in [0.5, 0.6) is 0 Å². The minimum absolute atomic E-state index is 0.390. The molecular weight excluding hydrogens is 335 g/mol. The Bertz CT molecular complexity index is 448. The quantitative estimate of drug-likeness (QED) is 0.828. The molecule has 1 aliphatic carbocycles. The van der Waals surface area contributed by atoms with E-state index in [1.54, 1.807) is 18.2 Å². The number of hydrogen-bond donors (Lipinski definition) is 1. The van der Waals surface area contributed by atoms with E-state index in [1.165, 1.54) is 0 Å². The van der Waals surface area contributed by atoms with Crippen LogP contribution in [0.2, 0.25) is 0 Å². The van der Waals surface area contributed by atoms with Crippen molar-refractivity contribution in [3.63, 3.8) is 0 Å². The fourth-order valence-corrected chi connectivity index (χ4v) is 2.25. The van der Waals surface area contributed by atoms with Gasteiger partial charge in [-0.05, 0) is 37.5 Å². The van der Waals surface area contributed by atoms with Crippen molar-refractivity contribution in [3.8, 4) is 0 Å². The molecule has 1 aromatic rings. The third-order valence-corrected chi connectivity index (χ3v) is 3.71. The average Bonchev–Trinajstić information content (AvgIpc) is 3.16. The second-order valence-electron chi connectivity index (χ2n) is 5.05. The number of benzene rings is 1. The smallest absolute Gasteiger partial charge is 0.360 e. The highest BCUT2D eigenvalue weighted by Crippen LogP contribution is 2.30. The summed E-state index contributed by atoms with van der Waals surface area (Å²) in [5, 5.41) is 3.22. The van der Waals surface area contributed by atoms with Crippen molar-refractivity contribution < 1.29 is 17.9 Å². The van der Waals surface area contributed by atoms with E-state index in [2.05, 4.69) is 21.2 Å². The number of rotatable bonds is 6. The second kappa shape index (κ2) is 6.45. The molecule has 0 spiro atoms. The normalized spacial score (nSPS) is 18.9. The Balaban J connectivity index is 2.06. The van der Waals surface area contributed by atoms with E-state index in [4.69, 9.17) is 4.74 Å². The van der Waals surface area contributed by atoms with Crippen LogP contribution in [0.4, 0.5) is 13.2 Å². The molecule has 0 aromatic heterocycles. The van der Waals surface area contributed by atoms with Crippen LogP contribution in [-0.4, -0.2) is 24.9 Å². The molecular formula is C14H17BrF3NO. The number of ether oxygens (including phenoxy) is 1. The molecule has 0 saturated heterocycles. The molecule has 1 saturated carbocycles. The first-order chi connectivity index (χ1) is 9.36. The van der Waals surface area contributed by atoms with Crippen LogP contribution in [0, 0.1) is 0 Å². The summed E-state index contributed by atoms with van der Waals surface area (Å²) in [4.78, 5) is 0. The molecule has 0 heterocycles. The maximum atomic E-state index is 12.7. The Morgan fingerprint density at radius 1 is 1.40 bits per heavy atom. The van der Waals surface area contributed by atoms with Crippen molar-refractivity contribution in [3.05, 3.63) is 34.3 Å². The lowest BCUT2D eigenvalue weighted by molar-refractivity contribution is -0.227. The van der Waals surface area contributed by atoms with Crippen molar-refractivity contribution in [1.29, 1.82) is 0 Å². The van der Waals surface area contributed by atoms with E-state index in [1.807, 2.05) is 6.07 Å². The largest absolute Gasteiger partial charge is 0.414 e. The molecule has 20 heavy (non-hydrogen) atoms. The first-order valence-corrected chi connectivity index (χ1v) is 7.36. The third kappa shape index (κ3) is 4.75. The summed E-state index contributed by atoms with van der Waals surface area (Å²) in [5.41, 5.74) is 0.739. The average molecular weight is 352 g/mol. The van der Waals surface area contributed by atoms with Crippen molar-refractivity contribution in [1.82, 2.24) is 5.32 Å². The van der Waals surface area contributed by atoms with Gasteiger partial charge in [-0.3, -0.25) is 0 Å². The molecule has 0 aliphatic heterocycles. The Morgan fingerprint density at radius 2 is 2.10 bits per heavy atom. The third-order valence-electron chi connectivity index (χ3n) is 3.22. The van der Waals surface area contributed by atoms with Gasteiger partial charge in [-0.1, -0.05) is 28.1 Å². The molecule has 2 unspecified atom stereocenters. The second-order valence-corrected chi connectivity index (χ2v) is 5.96. The summed E-state index contributed by atoms with van der Waals surface area (Å²) >= 11 is 3.33. The SMILES string of the molecule is CC(OC(CNC1CC1)c1cccc(Br)c1)C(F)(F)F. The first kappa shape index (κ1) is 15.8. The zero-order chi connectivity index (χ0) is 14.8. The number of nitrogens with one attached hydrogen (secondary N) is 1. The summed E-state index contributed by atoms with van der Waals surface area (Å²) in [6.07, 6.45) is -4.57. The van der Waals surface area contributed by atoms with Crippen molar-refractivity contribution >= 4 is 15.9 Å². The minimum atomic E-state index is -4.34. The summed E-state index contributed by atoms with van der Waals surface area (Å²) in [6, 6.07) is 7.64. The molecule has 1 aliphatic rings. The Labute approximate surface area is 124 Å². The molecule has 2 nitrogen and oxygen atoms in total. The van der Waals surface area contributed by atoms with Crippen LogP contribution in [0.1, 0.15) is 31.4 Å². The molecule has 1 aromatic carbocycles. The van der Waals surface area contributed by atoms with Crippen LogP contribution in [0.3, 0.4) is 0 Å². The van der Waals surface area contributed by atoms with Gasteiger partial charge in [0.25, 0.3) is 0 Å². The molecule has 112 valence electrons. The number of alkyl halides is 3. The number of halogens is 4. The maximum absolute atomic E-state index is 12.7. The predicted octanol–water partition coefficient (Wildman–Crippen LogP) is 4.21. The lowest BCUT2D eigenvalue weighted by atomic mass is 10.1. The van der Waals surface area contributed by atoms with E-state index in [-0.39, 0.29) is 0 Å². The summed E-state index contributed by atoms with van der Waals surface area (Å²) in [5.74, 6) is 0. The van der Waals surface area contributed by atoms with Crippen molar-refractivity contribution in [2.24, 2.45) is 0 Å². The highest BCUT2D eigenvalue weighted by molar-refractivity contribution is 9.10. The zero-order valence-corrected chi connectivity index (χ0v) is 12.7. The van der Waals surface area contributed by atoms with E-state index in [0.29, 0.717) is 12.6 Å². The lowest BCUT2D eigenvalue weighted by Gasteiger charge is -2.25. The molecule has 6 heteroatoms. The molecule has 2 atom stereocenters. The van der Waals surface area contributed by atoms with E-state index in [9.17, 15) is 13.2 Å². The predicted molar refractivity (Wildman–Crippen MR) is 74.5 cm³/mol. The van der Waals surface area contributed by atoms with Crippen LogP contribution < -0.4 is 5.32 Å². The zero-order valence-electron chi connectivity index (χ0n) is 11.1. The first-order valence-electron chi connectivity index (χ1n) is 6.57. The van der Waals surface area contributed by atoms with Gasteiger partial charge in [-0.15, -0.1) is 0 Å². The fraction of sp³-hybridized carbons (Fsp3) is 0.571.